The minimum atomic E-state index is -0.400. The van der Waals surface area contributed by atoms with Crippen LogP contribution in [0.25, 0.3) is 5.69 Å². The molecule has 1 aromatic carbocycles. The van der Waals surface area contributed by atoms with Crippen LogP contribution in [0.2, 0.25) is 0 Å². The molecule has 0 aliphatic carbocycles. The molecule has 0 fully saturated rings. The highest BCUT2D eigenvalue weighted by molar-refractivity contribution is 5.68. The van der Waals surface area contributed by atoms with Gasteiger partial charge in [-0.25, -0.2) is 0 Å². The standard InChI is InChI=1S/C13H15N3O2/c1-3-7-12-14-13(18-10(2)17)16(15-12)11-8-5-4-6-9-11/h4-6,8-9H,3,7H2,1-2H3. The highest BCUT2D eigenvalue weighted by atomic mass is 16.6. The number of carbonyl (C=O) groups excluding carboxylic acids is 1. The first kappa shape index (κ1) is 12.3. The second-order valence-electron chi connectivity index (χ2n) is 3.90. The number of aryl methyl sites for hydroxylation is 1. The highest BCUT2D eigenvalue weighted by Gasteiger charge is 2.13. The van der Waals surface area contributed by atoms with Gasteiger partial charge in [-0.3, -0.25) is 4.79 Å². The first-order valence-corrected chi connectivity index (χ1v) is 5.90. The summed E-state index contributed by atoms with van der Waals surface area (Å²) in [6.45, 7) is 3.40. The van der Waals surface area contributed by atoms with Crippen LogP contribution in [0.5, 0.6) is 6.01 Å². The molecule has 0 bridgehead atoms. The summed E-state index contributed by atoms with van der Waals surface area (Å²) in [6.07, 6.45) is 1.70. The van der Waals surface area contributed by atoms with E-state index < -0.39 is 5.97 Å². The molecule has 1 aromatic heterocycles. The Morgan fingerprint density at radius 2 is 2.06 bits per heavy atom. The van der Waals surface area contributed by atoms with Crippen LogP contribution in [-0.4, -0.2) is 20.7 Å². The van der Waals surface area contributed by atoms with E-state index in [1.54, 1.807) is 4.68 Å². The third-order valence-electron chi connectivity index (χ3n) is 2.33. The van der Waals surface area contributed by atoms with E-state index in [4.69, 9.17) is 4.74 Å². The molecule has 5 nitrogen and oxygen atoms in total. The Morgan fingerprint density at radius 3 is 2.67 bits per heavy atom. The van der Waals surface area contributed by atoms with Crippen LogP contribution in [0.1, 0.15) is 26.1 Å². The van der Waals surface area contributed by atoms with Gasteiger partial charge in [-0.2, -0.15) is 9.67 Å². The largest absolute Gasteiger partial charge is 0.391 e. The molecular weight excluding hydrogens is 230 g/mol. The maximum atomic E-state index is 11.1. The molecule has 0 aliphatic rings. The topological polar surface area (TPSA) is 57.0 Å². The van der Waals surface area contributed by atoms with Crippen molar-refractivity contribution in [3.63, 3.8) is 0 Å². The van der Waals surface area contributed by atoms with E-state index in [0.29, 0.717) is 5.82 Å². The van der Waals surface area contributed by atoms with Crippen molar-refractivity contribution in [2.75, 3.05) is 0 Å². The van der Waals surface area contributed by atoms with Gasteiger partial charge in [-0.05, 0) is 18.6 Å². The van der Waals surface area contributed by atoms with Gasteiger partial charge in [0.15, 0.2) is 5.82 Å². The van der Waals surface area contributed by atoms with Gasteiger partial charge in [0.05, 0.1) is 5.69 Å². The van der Waals surface area contributed by atoms with Crippen LogP contribution in [0.15, 0.2) is 30.3 Å². The molecular formula is C13H15N3O2. The summed E-state index contributed by atoms with van der Waals surface area (Å²) in [5, 5.41) is 4.35. The SMILES string of the molecule is CCCc1nc(OC(C)=O)n(-c2ccccc2)n1. The van der Waals surface area contributed by atoms with E-state index in [1.807, 2.05) is 30.3 Å². The Kier molecular flexibility index (Phi) is 3.72. The number of hydrogen-bond acceptors (Lipinski definition) is 4. The Labute approximate surface area is 105 Å². The molecule has 0 atom stereocenters. The van der Waals surface area contributed by atoms with E-state index in [2.05, 4.69) is 17.0 Å². The molecule has 0 radical (unpaired) electrons. The zero-order valence-corrected chi connectivity index (χ0v) is 10.5. The number of benzene rings is 1. The van der Waals surface area contributed by atoms with Gasteiger partial charge in [-0.1, -0.05) is 25.1 Å². The minimum absolute atomic E-state index is 0.220. The van der Waals surface area contributed by atoms with Crippen LogP contribution in [0.3, 0.4) is 0 Å². The quantitative estimate of drug-likeness (QED) is 0.774. The summed E-state index contributed by atoms with van der Waals surface area (Å²) in [6, 6.07) is 9.70. The lowest BCUT2D eigenvalue weighted by molar-refractivity contribution is -0.132. The van der Waals surface area contributed by atoms with E-state index in [9.17, 15) is 4.79 Å². The zero-order chi connectivity index (χ0) is 13.0. The monoisotopic (exact) mass is 245 g/mol. The Hall–Kier alpha value is -2.17. The molecule has 1 heterocycles. The van der Waals surface area contributed by atoms with Crippen LogP contribution < -0.4 is 4.74 Å². The van der Waals surface area contributed by atoms with Crippen molar-refractivity contribution in [2.24, 2.45) is 0 Å². The number of esters is 1. The van der Waals surface area contributed by atoms with Crippen LogP contribution in [0.4, 0.5) is 0 Å². The Morgan fingerprint density at radius 1 is 1.33 bits per heavy atom. The maximum absolute atomic E-state index is 11.1. The number of carbonyl (C=O) groups is 1. The van der Waals surface area contributed by atoms with Gasteiger partial charge in [-0.15, -0.1) is 5.10 Å². The first-order chi connectivity index (χ1) is 8.70. The van der Waals surface area contributed by atoms with Crippen molar-refractivity contribution >= 4 is 5.97 Å². The van der Waals surface area contributed by atoms with E-state index in [1.165, 1.54) is 6.92 Å². The third kappa shape index (κ3) is 2.74. The number of para-hydroxylation sites is 1. The second kappa shape index (κ2) is 5.44. The molecule has 2 rings (SSSR count). The van der Waals surface area contributed by atoms with Crippen molar-refractivity contribution in [3.05, 3.63) is 36.2 Å². The van der Waals surface area contributed by atoms with E-state index in [0.717, 1.165) is 18.5 Å². The molecule has 0 amide bonds. The molecule has 0 saturated carbocycles. The van der Waals surface area contributed by atoms with Gasteiger partial charge in [0.25, 0.3) is 0 Å². The lowest BCUT2D eigenvalue weighted by Crippen LogP contribution is -2.08. The molecule has 18 heavy (non-hydrogen) atoms. The maximum Gasteiger partial charge on any atom is 0.327 e. The summed E-state index contributed by atoms with van der Waals surface area (Å²) >= 11 is 0. The lowest BCUT2D eigenvalue weighted by atomic mass is 10.3. The van der Waals surface area contributed by atoms with Crippen molar-refractivity contribution < 1.29 is 9.53 Å². The predicted molar refractivity (Wildman–Crippen MR) is 66.7 cm³/mol. The van der Waals surface area contributed by atoms with Crippen molar-refractivity contribution in [1.29, 1.82) is 0 Å². The third-order valence-corrected chi connectivity index (χ3v) is 2.33. The van der Waals surface area contributed by atoms with Gasteiger partial charge in [0.1, 0.15) is 0 Å². The second-order valence-corrected chi connectivity index (χ2v) is 3.90. The van der Waals surface area contributed by atoms with Gasteiger partial charge >= 0.3 is 12.0 Å². The fourth-order valence-corrected chi connectivity index (χ4v) is 1.60. The number of rotatable bonds is 4. The van der Waals surface area contributed by atoms with Crippen LogP contribution >= 0.6 is 0 Å². The average molecular weight is 245 g/mol. The normalized spacial score (nSPS) is 10.3. The fraction of sp³-hybridized carbons (Fsp3) is 0.308. The van der Waals surface area contributed by atoms with Crippen molar-refractivity contribution in [2.45, 2.75) is 26.7 Å². The first-order valence-electron chi connectivity index (χ1n) is 5.90. The minimum Gasteiger partial charge on any atom is -0.391 e. The van der Waals surface area contributed by atoms with Gasteiger partial charge in [0.2, 0.25) is 0 Å². The van der Waals surface area contributed by atoms with Gasteiger partial charge < -0.3 is 4.74 Å². The average Bonchev–Trinajstić information content (AvgIpc) is 2.73. The summed E-state index contributed by atoms with van der Waals surface area (Å²) in [5.74, 6) is 0.278. The molecule has 94 valence electrons. The summed E-state index contributed by atoms with van der Waals surface area (Å²) in [4.78, 5) is 15.3. The Balaban J connectivity index is 2.40. The number of aromatic nitrogens is 3. The van der Waals surface area contributed by atoms with Crippen LogP contribution in [-0.2, 0) is 11.2 Å². The fourth-order valence-electron chi connectivity index (χ4n) is 1.60. The molecule has 0 aliphatic heterocycles. The molecule has 0 saturated heterocycles. The number of nitrogens with zero attached hydrogens (tertiary/aromatic N) is 3. The Bertz CT molecular complexity index is 534. The summed E-state index contributed by atoms with van der Waals surface area (Å²) in [5.41, 5.74) is 0.823. The summed E-state index contributed by atoms with van der Waals surface area (Å²) < 4.78 is 6.63. The van der Waals surface area contributed by atoms with E-state index >= 15 is 0 Å². The molecule has 5 heteroatoms. The van der Waals surface area contributed by atoms with Crippen molar-refractivity contribution in [1.82, 2.24) is 14.8 Å². The molecule has 2 aromatic rings. The predicted octanol–water partition coefficient (Wildman–Crippen LogP) is 2.15. The van der Waals surface area contributed by atoms with Crippen LogP contribution in [0, 0.1) is 0 Å². The number of hydrogen-bond donors (Lipinski definition) is 0. The zero-order valence-electron chi connectivity index (χ0n) is 10.5. The smallest absolute Gasteiger partial charge is 0.327 e. The molecule has 0 N–H and O–H groups in total. The lowest BCUT2D eigenvalue weighted by Gasteiger charge is -2.03. The number of ether oxygens (including phenoxy) is 1. The van der Waals surface area contributed by atoms with E-state index in [-0.39, 0.29) is 6.01 Å². The van der Waals surface area contributed by atoms with Gasteiger partial charge in [0, 0.05) is 13.3 Å². The van der Waals surface area contributed by atoms with Crippen molar-refractivity contribution in [3.8, 4) is 11.7 Å². The summed E-state index contributed by atoms with van der Waals surface area (Å²) in [7, 11) is 0. The highest BCUT2D eigenvalue weighted by Crippen LogP contribution is 2.16. The molecule has 0 unspecified atom stereocenters. The molecule has 0 spiro atoms.